The van der Waals surface area contributed by atoms with Crippen LogP contribution in [0.3, 0.4) is 0 Å². The second-order valence-electron chi connectivity index (χ2n) is 32.9. The summed E-state index contributed by atoms with van der Waals surface area (Å²) < 4.78 is 0. The minimum absolute atomic E-state index is 0. The topological polar surface area (TPSA) is 377 Å². The van der Waals surface area contributed by atoms with Gasteiger partial charge in [0.25, 0.3) is 0 Å². The van der Waals surface area contributed by atoms with Crippen molar-refractivity contribution in [3.8, 4) is 0 Å². The second-order valence-corrected chi connectivity index (χ2v) is 32.9. The highest BCUT2D eigenvalue weighted by molar-refractivity contribution is 6.24. The molecule has 13 saturated heterocycles. The van der Waals surface area contributed by atoms with Gasteiger partial charge in [0, 0.05) is 0 Å². The highest BCUT2D eigenvalue weighted by Gasteiger charge is 2.21. The number of hydrogen-bond donors (Lipinski definition) is 13. The molecular weight excluding hydrogens is 1400 g/mol. The van der Waals surface area contributed by atoms with Crippen molar-refractivity contribution in [2.75, 3.05) is 440 Å². The molecule has 0 aromatic rings. The van der Waals surface area contributed by atoms with Crippen LogP contribution in [-0.4, -0.2) is 533 Å². The largest absolute Gasteiger partial charge is 1.00 e. The molecule has 0 saturated carbocycles. The van der Waals surface area contributed by atoms with Crippen molar-refractivity contribution in [3.63, 3.8) is 0 Å². The van der Waals surface area contributed by atoms with Gasteiger partial charge >= 0.3 is 0 Å². The van der Waals surface area contributed by atoms with Gasteiger partial charge in [0.1, 0.15) is 86.7 Å². The van der Waals surface area contributed by atoms with E-state index in [1.807, 2.05) is 0 Å². The summed E-state index contributed by atoms with van der Waals surface area (Å²) >= 11 is 0. The zero-order valence-corrected chi connectivity index (χ0v) is 73.5. The van der Waals surface area contributed by atoms with Gasteiger partial charge in [0.2, 0.25) is 0 Å². The zero-order chi connectivity index (χ0) is 82.9. The molecule has 0 spiro atoms. The molecule has 0 aliphatic carbocycles. The monoisotopic (exact) mass is 1570 g/mol. The lowest BCUT2D eigenvalue weighted by Crippen LogP contribution is -3.07. The number of hydrogen-bond acceptors (Lipinski definition) is 25. The summed E-state index contributed by atoms with van der Waals surface area (Å²) in [5.74, 6) is 0. The molecule has 0 bridgehead atoms. The van der Waals surface area contributed by atoms with Gasteiger partial charge in [-0.3, -0.25) is 93.0 Å². The Balaban J connectivity index is -0.000000349. The van der Waals surface area contributed by atoms with E-state index in [0.29, 0.717) is 0 Å². The van der Waals surface area contributed by atoms with E-state index >= 15 is 0 Å². The molecule has 13 fully saturated rings. The molecule has 43 heteroatoms. The predicted molar refractivity (Wildman–Crippen MR) is 403 cm³/mol. The molecule has 0 radical (unpaired) electrons. The molecule has 13 aliphatic heterocycles. The van der Waals surface area contributed by atoms with Crippen LogP contribution in [-0.2, 0) is 0 Å². The van der Waals surface area contributed by atoms with Crippen LogP contribution in [0.5, 0.6) is 0 Å². The van der Waals surface area contributed by atoms with Crippen LogP contribution in [0.2, 0.25) is 0 Å². The van der Waals surface area contributed by atoms with Crippen LogP contribution < -0.4 is 129 Å². The number of rotatable bonds is 0. The van der Waals surface area contributed by atoms with E-state index in [0.717, 1.165) is 0 Å². The fourth-order valence-electron chi connectivity index (χ4n) is 13.0. The number of nitrogens with one attached hydrogen (secondary N) is 13. The Morgan fingerprint density at radius 3 is 0.204 bits per heavy atom. The first kappa shape index (κ1) is 115. The molecule has 108 heavy (non-hydrogen) atoms. The number of quaternary nitrogens is 13. The van der Waals surface area contributed by atoms with Crippen molar-refractivity contribution in [1.29, 1.82) is 0 Å². The molecule has 0 aromatic heterocycles. The summed E-state index contributed by atoms with van der Waals surface area (Å²) in [6, 6.07) is 0. The Bertz CT molecular complexity index is 1390. The maximum absolute atomic E-state index is 8.42. The molecule has 0 amide bonds. The lowest BCUT2D eigenvalue weighted by Gasteiger charge is -2.35. The Labute approximate surface area is 659 Å². The summed E-state index contributed by atoms with van der Waals surface area (Å²) in [5, 5.41) is 101. The van der Waals surface area contributed by atoms with Crippen molar-refractivity contribution in [1.82, 2.24) is 63.7 Å². The van der Waals surface area contributed by atoms with E-state index in [4.69, 9.17) is 60.3 Å². The van der Waals surface area contributed by atoms with Gasteiger partial charge in [-0.25, -0.2) is 0 Å². The highest BCUT2D eigenvalue weighted by Crippen LogP contribution is 1.84. The molecule has 0 aromatic carbocycles. The van der Waals surface area contributed by atoms with Gasteiger partial charge in [0.15, 0.2) is 0 Å². The third-order valence-corrected chi connectivity index (χ3v) is 19.0. The molecule has 13 unspecified atom stereocenters. The molecule has 13 aliphatic rings. The smallest absolute Gasteiger partial charge is 0.133 e. The van der Waals surface area contributed by atoms with Crippen molar-refractivity contribution in [3.05, 3.63) is 0 Å². The zero-order valence-electron chi connectivity index (χ0n) is 73.5. The Morgan fingerprint density at radius 1 is 0.148 bits per heavy atom. The van der Waals surface area contributed by atoms with Crippen molar-refractivity contribution in [2.24, 2.45) is 0 Å². The van der Waals surface area contributed by atoms with Crippen molar-refractivity contribution < 1.29 is 129 Å². The fraction of sp³-hybridized carbons (Fsp3) is 1.00. The fourth-order valence-corrected chi connectivity index (χ4v) is 13.0. The number of nitrogens with zero attached hydrogens (tertiary/aromatic N) is 13. The minimum Gasteiger partial charge on any atom is -1.00 e. The van der Waals surface area contributed by atoms with Gasteiger partial charge in [-0.05, 0) is 91.6 Å². The van der Waals surface area contributed by atoms with E-state index in [1.165, 1.54) is 257 Å². The summed E-state index contributed by atoms with van der Waals surface area (Å²) in [4.78, 5) is 51.6. The average molecular weight is 1570 g/mol. The predicted octanol–water partition coefficient (Wildman–Crippen LogP) is -39.5. The van der Waals surface area contributed by atoms with Crippen LogP contribution in [0.25, 0.3) is 0 Å². The Morgan fingerprint density at radius 2 is 0.194 bits per heavy atom. The minimum atomic E-state index is -2.92. The van der Waals surface area contributed by atoms with Crippen LogP contribution in [0.1, 0.15) is 0 Å². The second kappa shape index (κ2) is 71.0. The van der Waals surface area contributed by atoms with Crippen LogP contribution in [0.15, 0.2) is 0 Å². The van der Waals surface area contributed by atoms with Gasteiger partial charge in [-0.1, -0.05) is 0 Å². The number of likely N-dealkylation sites (N-methyl/N-ethyl adjacent to an activating group) is 26. The quantitative estimate of drug-likeness (QED) is 0.100. The molecule has 13 rings (SSSR count). The van der Waals surface area contributed by atoms with Crippen molar-refractivity contribution >= 4 is 29.3 Å². The van der Waals surface area contributed by atoms with Crippen LogP contribution >= 0.6 is 0 Å². The molecular formula is C65H169B4FN26O12. The summed E-state index contributed by atoms with van der Waals surface area (Å²) in [7, 11) is 45.4. The maximum Gasteiger partial charge on any atom is 0.133 e. The van der Waals surface area contributed by atoms with E-state index in [-0.39, 0.29) is 4.70 Å². The average Bonchev–Trinajstić information content (AvgIpc) is 2.16. The van der Waals surface area contributed by atoms with Gasteiger partial charge in [-0.2, -0.15) is 0 Å². The van der Waals surface area contributed by atoms with E-state index in [9.17, 15) is 0 Å². The van der Waals surface area contributed by atoms with Crippen LogP contribution in [0.4, 0.5) is 0 Å². The van der Waals surface area contributed by atoms with E-state index < -0.39 is 29.3 Å². The van der Waals surface area contributed by atoms with Gasteiger partial charge < -0.3 is 129 Å². The van der Waals surface area contributed by atoms with Crippen molar-refractivity contribution in [2.45, 2.75) is 0 Å². The molecule has 13 atom stereocenters. The van der Waals surface area contributed by atoms with Gasteiger partial charge in [0.05, 0.1) is 262 Å². The third kappa shape index (κ3) is 84.1. The SMILES string of the molecule is CN1CC[NH+](C)C1.CN1CC[NH+](C)C1.CN1CC[NH+](C)C1.CN1CC[NH+](C)C1.CN1CC[NH+](C)C1.CN1CC[NH+](C)C1.CN1CC[NH+](C)C1.CN1CC[NH+](C)C1.CN1CC[NH+](C)C1.CN1CC[NH+](C)C1.CN1CC[NH+](C)C1.CN1CC[NH+](C)C1.CN1CC[NH+](C)C1.[F-].[O-]B([O-])[O-].[O-]B([O-])[O-].[O-]B([O-])[O-].[O-]B([O-])[O-]. The van der Waals surface area contributed by atoms with E-state index in [2.05, 4.69) is 247 Å². The first-order valence-electron chi connectivity index (χ1n) is 39.1. The summed E-state index contributed by atoms with van der Waals surface area (Å²) in [6.45, 7) is 49.5. The third-order valence-electron chi connectivity index (χ3n) is 19.0. The van der Waals surface area contributed by atoms with E-state index in [1.54, 1.807) is 63.7 Å². The normalized spacial score (nSPS) is 29.9. The highest BCUT2D eigenvalue weighted by atomic mass is 19.0. The first-order chi connectivity index (χ1) is 49.7. The molecule has 13 N–H and O–H groups in total. The lowest BCUT2D eigenvalue weighted by atomic mass is 10.3. The first-order valence-corrected chi connectivity index (χ1v) is 39.1. The molecule has 38 nitrogen and oxygen atoms in total. The molecule has 13 heterocycles. The summed E-state index contributed by atoms with van der Waals surface area (Å²) in [6.07, 6.45) is 0. The van der Waals surface area contributed by atoms with Crippen LogP contribution in [0, 0.1) is 0 Å². The maximum atomic E-state index is 8.42. The summed E-state index contributed by atoms with van der Waals surface area (Å²) in [5.41, 5.74) is 0. The number of halogens is 1. The Hall–Kier alpha value is -1.33. The molecule has 650 valence electrons. The standard InChI is InChI=1S/13C5H12N2.4BO3.FH/c13*1-6-3-4-7(2)5-6;4*2-1(3)4;/h13*3-5H2,1-2H3;;;;;1H/q;;;;;;;;;;;;;4*-3;/p+12. The lowest BCUT2D eigenvalue weighted by molar-refractivity contribution is -0.870. The Kier molecular flexibility index (Phi) is 75.8. The van der Waals surface area contributed by atoms with Gasteiger partial charge in [-0.15, -0.1) is 0 Å².